The number of hydrogen-bond acceptors (Lipinski definition) is 4. The van der Waals surface area contributed by atoms with Crippen LogP contribution in [0.15, 0.2) is 30.3 Å². The molecule has 0 aliphatic carbocycles. The molecule has 1 saturated heterocycles. The number of carbonyl (C=O) groups excluding carboxylic acids is 1. The van der Waals surface area contributed by atoms with Gasteiger partial charge in [0.25, 0.3) is 0 Å². The molecule has 1 aliphatic rings. The first-order chi connectivity index (χ1) is 12.5. The summed E-state index contributed by atoms with van der Waals surface area (Å²) in [5.41, 5.74) is 11.2. The third-order valence-corrected chi connectivity index (χ3v) is 5.43. The van der Waals surface area contributed by atoms with Gasteiger partial charge in [-0.05, 0) is 31.4 Å². The highest BCUT2D eigenvalue weighted by molar-refractivity contribution is 5.76. The number of amides is 1. The third-order valence-electron chi connectivity index (χ3n) is 5.43. The zero-order chi connectivity index (χ0) is 18.7. The number of aromatic nitrogens is 2. The number of benzene rings is 1. The van der Waals surface area contributed by atoms with Crippen molar-refractivity contribution < 1.29 is 4.79 Å². The summed E-state index contributed by atoms with van der Waals surface area (Å²) in [4.78, 5) is 14.5. The van der Waals surface area contributed by atoms with Crippen molar-refractivity contribution in [3.63, 3.8) is 0 Å². The van der Waals surface area contributed by atoms with Crippen LogP contribution in [0.3, 0.4) is 0 Å². The molecule has 26 heavy (non-hydrogen) atoms. The molecule has 2 N–H and O–H groups in total. The standard InChI is InChI=1S/C20H29N5O/c1-14-18(15(2)25(4)23-14)10-11-19(26)24(3)13-17-12-21-22-20(17)16-8-6-5-7-9-16/h5-9,17,20-22H,10-13H2,1-4H3. The molecule has 6 heteroatoms. The number of rotatable bonds is 6. The number of nitrogens with one attached hydrogen (secondary N) is 2. The Balaban J connectivity index is 1.57. The Morgan fingerprint density at radius 3 is 2.69 bits per heavy atom. The van der Waals surface area contributed by atoms with Crippen LogP contribution in [0.2, 0.25) is 0 Å². The van der Waals surface area contributed by atoms with Gasteiger partial charge in [-0.15, -0.1) is 0 Å². The molecule has 6 nitrogen and oxygen atoms in total. The second-order valence-corrected chi connectivity index (χ2v) is 7.22. The van der Waals surface area contributed by atoms with Crippen molar-refractivity contribution in [2.75, 3.05) is 20.1 Å². The minimum Gasteiger partial charge on any atom is -0.345 e. The van der Waals surface area contributed by atoms with Crippen LogP contribution < -0.4 is 10.9 Å². The summed E-state index contributed by atoms with van der Waals surface area (Å²) in [6, 6.07) is 10.6. The van der Waals surface area contributed by atoms with Crippen molar-refractivity contribution in [2.45, 2.75) is 32.7 Å². The lowest BCUT2D eigenvalue weighted by Crippen LogP contribution is -2.34. The van der Waals surface area contributed by atoms with E-state index >= 15 is 0 Å². The molecule has 140 valence electrons. The van der Waals surface area contributed by atoms with Gasteiger partial charge in [0.1, 0.15) is 0 Å². The van der Waals surface area contributed by atoms with E-state index in [4.69, 9.17) is 0 Å². The second-order valence-electron chi connectivity index (χ2n) is 7.22. The second kappa shape index (κ2) is 8.01. The van der Waals surface area contributed by atoms with Crippen LogP contribution in [0.5, 0.6) is 0 Å². The lowest BCUT2D eigenvalue weighted by molar-refractivity contribution is -0.130. The average Bonchev–Trinajstić information content (AvgIpc) is 3.18. The first-order valence-corrected chi connectivity index (χ1v) is 9.23. The van der Waals surface area contributed by atoms with Crippen LogP contribution in [0, 0.1) is 19.8 Å². The maximum absolute atomic E-state index is 12.6. The van der Waals surface area contributed by atoms with E-state index < -0.39 is 0 Å². The molecular formula is C20H29N5O. The fourth-order valence-corrected chi connectivity index (χ4v) is 3.78. The van der Waals surface area contributed by atoms with Gasteiger partial charge in [-0.2, -0.15) is 5.10 Å². The first kappa shape index (κ1) is 18.6. The molecule has 1 aliphatic heterocycles. The van der Waals surface area contributed by atoms with Gasteiger partial charge in [0.05, 0.1) is 11.7 Å². The van der Waals surface area contributed by atoms with E-state index in [-0.39, 0.29) is 11.9 Å². The summed E-state index contributed by atoms with van der Waals surface area (Å²) in [6.07, 6.45) is 1.27. The Kier molecular flexibility index (Phi) is 5.74. The summed E-state index contributed by atoms with van der Waals surface area (Å²) in [5.74, 6) is 0.541. The highest BCUT2D eigenvalue weighted by Gasteiger charge is 2.30. The van der Waals surface area contributed by atoms with Gasteiger partial charge in [0.2, 0.25) is 5.91 Å². The highest BCUT2D eigenvalue weighted by Crippen LogP contribution is 2.25. The zero-order valence-corrected chi connectivity index (χ0v) is 16.1. The maximum Gasteiger partial charge on any atom is 0.222 e. The molecule has 2 aromatic rings. The number of hydrogen-bond donors (Lipinski definition) is 2. The molecule has 3 rings (SSSR count). The largest absolute Gasteiger partial charge is 0.345 e. The number of carbonyl (C=O) groups is 1. The molecule has 2 unspecified atom stereocenters. The molecule has 1 aromatic heterocycles. The monoisotopic (exact) mass is 355 g/mol. The van der Waals surface area contributed by atoms with Crippen molar-refractivity contribution in [1.82, 2.24) is 25.5 Å². The minimum absolute atomic E-state index is 0.186. The molecule has 0 spiro atoms. The van der Waals surface area contributed by atoms with Crippen molar-refractivity contribution in [3.8, 4) is 0 Å². The van der Waals surface area contributed by atoms with E-state index in [2.05, 4.69) is 47.1 Å². The highest BCUT2D eigenvalue weighted by atomic mass is 16.2. The van der Waals surface area contributed by atoms with E-state index in [1.807, 2.05) is 36.7 Å². The minimum atomic E-state index is 0.186. The van der Waals surface area contributed by atoms with Crippen LogP contribution >= 0.6 is 0 Å². The van der Waals surface area contributed by atoms with Crippen LogP contribution in [-0.2, 0) is 18.3 Å². The first-order valence-electron chi connectivity index (χ1n) is 9.23. The normalized spacial score (nSPS) is 19.7. The number of hydrazine groups is 1. The van der Waals surface area contributed by atoms with Gasteiger partial charge in [0, 0.05) is 45.2 Å². The lowest BCUT2D eigenvalue weighted by atomic mass is 9.94. The van der Waals surface area contributed by atoms with E-state index in [9.17, 15) is 4.79 Å². The molecule has 0 saturated carbocycles. The van der Waals surface area contributed by atoms with Crippen molar-refractivity contribution in [3.05, 3.63) is 52.8 Å². The van der Waals surface area contributed by atoms with Crippen LogP contribution in [0.1, 0.15) is 35.0 Å². The summed E-state index contributed by atoms with van der Waals surface area (Å²) in [5, 5.41) is 4.44. The van der Waals surface area contributed by atoms with E-state index in [0.717, 1.165) is 30.9 Å². The Labute approximate surface area is 155 Å². The van der Waals surface area contributed by atoms with Gasteiger partial charge < -0.3 is 4.90 Å². The van der Waals surface area contributed by atoms with Crippen molar-refractivity contribution >= 4 is 5.91 Å². The van der Waals surface area contributed by atoms with E-state index in [1.54, 1.807) is 0 Å². The molecule has 0 bridgehead atoms. The van der Waals surface area contributed by atoms with Crippen LogP contribution in [0.4, 0.5) is 0 Å². The fraction of sp³-hybridized carbons (Fsp3) is 0.500. The molecular weight excluding hydrogens is 326 g/mol. The van der Waals surface area contributed by atoms with Crippen LogP contribution in [0.25, 0.3) is 0 Å². The van der Waals surface area contributed by atoms with Crippen LogP contribution in [-0.4, -0.2) is 40.7 Å². The van der Waals surface area contributed by atoms with Crippen molar-refractivity contribution in [1.29, 1.82) is 0 Å². The zero-order valence-electron chi connectivity index (χ0n) is 16.1. The molecule has 1 amide bonds. The lowest BCUT2D eigenvalue weighted by Gasteiger charge is -2.25. The Morgan fingerprint density at radius 2 is 2.04 bits per heavy atom. The average molecular weight is 355 g/mol. The summed E-state index contributed by atoms with van der Waals surface area (Å²) < 4.78 is 1.89. The molecule has 0 radical (unpaired) electrons. The molecule has 1 aromatic carbocycles. The quantitative estimate of drug-likeness (QED) is 0.831. The van der Waals surface area contributed by atoms with Gasteiger partial charge in [-0.3, -0.25) is 14.9 Å². The van der Waals surface area contributed by atoms with E-state index in [1.165, 1.54) is 11.1 Å². The maximum atomic E-state index is 12.6. The van der Waals surface area contributed by atoms with Gasteiger partial charge in [-0.25, -0.2) is 5.43 Å². The van der Waals surface area contributed by atoms with Gasteiger partial charge in [-0.1, -0.05) is 30.3 Å². The number of aryl methyl sites for hydroxylation is 2. The topological polar surface area (TPSA) is 62.2 Å². The predicted octanol–water partition coefficient (Wildman–Crippen LogP) is 1.89. The summed E-state index contributed by atoms with van der Waals surface area (Å²) in [7, 11) is 3.86. The smallest absolute Gasteiger partial charge is 0.222 e. The Morgan fingerprint density at radius 1 is 1.31 bits per heavy atom. The summed E-state index contributed by atoms with van der Waals surface area (Å²) in [6.45, 7) is 5.67. The van der Waals surface area contributed by atoms with Crippen molar-refractivity contribution in [2.24, 2.45) is 13.0 Å². The summed E-state index contributed by atoms with van der Waals surface area (Å²) >= 11 is 0. The van der Waals surface area contributed by atoms with E-state index in [0.29, 0.717) is 12.3 Å². The Bertz CT molecular complexity index is 755. The Hall–Kier alpha value is -2.18. The molecule has 1 fully saturated rings. The van der Waals surface area contributed by atoms with Gasteiger partial charge in [0.15, 0.2) is 0 Å². The molecule has 2 atom stereocenters. The number of nitrogens with zero attached hydrogens (tertiary/aromatic N) is 3. The third kappa shape index (κ3) is 3.97. The van der Waals surface area contributed by atoms with Gasteiger partial charge >= 0.3 is 0 Å². The SMILES string of the molecule is Cc1nn(C)c(C)c1CCC(=O)N(C)CC1CNNC1c1ccccc1. The fourth-order valence-electron chi connectivity index (χ4n) is 3.78. The molecule has 2 heterocycles. The predicted molar refractivity (Wildman–Crippen MR) is 102 cm³/mol.